The highest BCUT2D eigenvalue weighted by Crippen LogP contribution is 2.35. The second-order valence-electron chi connectivity index (χ2n) is 1.78. The Balaban J connectivity index is -0.0000000445. The number of nitroso groups, excluding NO2 is 1. The van der Waals surface area contributed by atoms with Crippen molar-refractivity contribution in [2.75, 3.05) is 0 Å². The third-order valence-corrected chi connectivity index (χ3v) is 0.321. The smallest absolute Gasteiger partial charge is 0.294 e. The molecule has 0 unspecified atom stereocenters. The Morgan fingerprint density at radius 1 is 0.750 bits per heavy atom. The van der Waals surface area contributed by atoms with Gasteiger partial charge in [-0.25, -0.2) is 0 Å². The van der Waals surface area contributed by atoms with Gasteiger partial charge < -0.3 is 0 Å². The average molecular weight is 401 g/mol. The Kier molecular flexibility index (Phi) is 29.5. The number of hydrogen-bond acceptors (Lipinski definition) is 4. The molecule has 148 valence electrons. The molecule has 0 atom stereocenters. The lowest BCUT2D eigenvalue weighted by Crippen LogP contribution is -2.30. The number of rotatable bonds is 0. The maximum absolute atomic E-state index is 10.4. The van der Waals surface area contributed by atoms with Crippen molar-refractivity contribution in [3.05, 3.63) is 10.4 Å². The van der Waals surface area contributed by atoms with Crippen molar-refractivity contribution in [3.63, 3.8) is 0 Å². The number of alkyl halides is 10. The van der Waals surface area contributed by atoms with Crippen molar-refractivity contribution in [3.8, 4) is 0 Å². The zero-order chi connectivity index (χ0) is 20.5. The van der Waals surface area contributed by atoms with E-state index in [4.69, 9.17) is 20.0 Å². The van der Waals surface area contributed by atoms with E-state index in [2.05, 4.69) is 0 Å². The molecule has 0 radical (unpaired) electrons. The van der Waals surface area contributed by atoms with E-state index in [1.807, 2.05) is 0 Å². The molecule has 0 amide bonds. The molecular weight excluding hydrogens is 397 g/mol. The van der Waals surface area contributed by atoms with E-state index in [1.54, 1.807) is 0 Å². The lowest BCUT2D eigenvalue weighted by molar-refractivity contribution is -0.339. The van der Waals surface area contributed by atoms with Crippen molar-refractivity contribution in [1.29, 1.82) is 0 Å². The molecule has 0 aliphatic rings. The van der Waals surface area contributed by atoms with Crippen LogP contribution >= 0.6 is 0 Å². The second kappa shape index (κ2) is 18.8. The molecule has 0 bridgehead atoms. The summed E-state index contributed by atoms with van der Waals surface area (Å²) in [6, 6.07) is 0. The molecule has 0 saturated carbocycles. The monoisotopic (exact) mass is 401 g/mol. The fourth-order valence-corrected chi connectivity index (χ4v) is 0. The van der Waals surface area contributed by atoms with E-state index in [0.29, 0.717) is 0 Å². The molecule has 0 aliphatic heterocycles. The first-order chi connectivity index (χ1) is 9.81. The summed E-state index contributed by atoms with van der Waals surface area (Å²) in [4.78, 5) is 25.6. The summed E-state index contributed by atoms with van der Waals surface area (Å²) >= 11 is 0. The van der Waals surface area contributed by atoms with Crippen LogP contribution in [0.2, 0.25) is 0 Å². The van der Waals surface area contributed by atoms with Gasteiger partial charge in [-0.1, -0.05) is 20.9 Å². The largest absolute Gasteiger partial charge is 0.559 e. The number of halogens is 13. The van der Waals surface area contributed by atoms with Crippen LogP contribution in [0.25, 0.3) is 5.53 Å². The van der Waals surface area contributed by atoms with E-state index in [9.17, 15) is 57.3 Å². The predicted octanol–water partition coefficient (Wildman–Crippen LogP) is 4.42. The minimum absolute atomic E-state index is 0. The van der Waals surface area contributed by atoms with Gasteiger partial charge in [0.1, 0.15) is 4.97 Å². The predicted molar refractivity (Wildman–Crippen MR) is 45.0 cm³/mol. The van der Waals surface area contributed by atoms with Gasteiger partial charge in [0.15, 0.2) is 10.5 Å². The van der Waals surface area contributed by atoms with Crippen molar-refractivity contribution >= 4 is 6.15 Å². The normalized spacial score (nSPS) is 9.42. The van der Waals surface area contributed by atoms with Gasteiger partial charge in [0.2, 0.25) is 0 Å². The van der Waals surface area contributed by atoms with Crippen LogP contribution in [0.1, 0.15) is 7.43 Å². The fraction of sp³-hybridized carbons (Fsp3) is 0.800. The van der Waals surface area contributed by atoms with Crippen LogP contribution in [0.15, 0.2) is 0 Å². The van der Waals surface area contributed by atoms with Crippen molar-refractivity contribution in [2.24, 2.45) is 0 Å². The summed E-state index contributed by atoms with van der Waals surface area (Å²) in [5.74, 6) is 0. The van der Waals surface area contributed by atoms with Gasteiger partial charge in [0, 0.05) is 0 Å². The van der Waals surface area contributed by atoms with Crippen LogP contribution in [0.4, 0.5) is 57.3 Å². The Morgan fingerprint density at radius 3 is 0.792 bits per heavy atom. The molecule has 0 N–H and O–H groups in total. The number of nitrogens with zero attached hydrogens (tertiary/aromatic N) is 3. The van der Waals surface area contributed by atoms with Gasteiger partial charge >= 0.3 is 24.9 Å². The van der Waals surface area contributed by atoms with E-state index in [1.165, 1.54) is 4.97 Å². The minimum Gasteiger partial charge on any atom is -0.294 e. The number of carbonyl (C=O) groups excluding carboxylic acids is 2. The summed E-state index contributed by atoms with van der Waals surface area (Å²) in [7, 11) is 0. The molecule has 0 aliphatic carbocycles. The van der Waals surface area contributed by atoms with Gasteiger partial charge in [-0.2, -0.15) is 35.9 Å². The lowest BCUT2D eigenvalue weighted by atomic mass is 10.7. The van der Waals surface area contributed by atoms with Gasteiger partial charge in [0.05, 0.1) is 0 Å². The molecule has 6 nitrogen and oxygen atoms in total. The van der Waals surface area contributed by atoms with E-state index < -0.39 is 24.3 Å². The van der Waals surface area contributed by atoms with E-state index >= 15 is 0 Å². The first kappa shape index (κ1) is 37.7. The van der Waals surface area contributed by atoms with Gasteiger partial charge in [0.25, 0.3) is 0 Å². The Hall–Kier alpha value is -2.26. The van der Waals surface area contributed by atoms with Crippen molar-refractivity contribution in [2.45, 2.75) is 26.2 Å². The molecule has 0 aromatic heterocycles. The van der Waals surface area contributed by atoms with Gasteiger partial charge in [-0.15, -0.1) is 17.6 Å². The van der Waals surface area contributed by atoms with E-state index in [-0.39, 0.29) is 13.6 Å². The van der Waals surface area contributed by atoms with Crippen LogP contribution in [0, 0.1) is 4.91 Å². The second-order valence-corrected chi connectivity index (χ2v) is 1.78. The quantitative estimate of drug-likeness (QED) is 0.260. The maximum Gasteiger partial charge on any atom is 0.559 e. The molecule has 0 spiro atoms. The SMILES string of the molecule is C.FC(F)(F)C(F)(F)F.FC(F)(F)F.FN(F)F.O=C=O.[N-]=[N+]=O. The lowest BCUT2D eigenvalue weighted by Gasteiger charge is -2.08. The van der Waals surface area contributed by atoms with Gasteiger partial charge in [-0.05, 0) is 0 Å². The van der Waals surface area contributed by atoms with Crippen LogP contribution in [-0.2, 0) is 9.59 Å². The summed E-state index contributed by atoms with van der Waals surface area (Å²) in [5.41, 5.74) is 4.14. The summed E-state index contributed by atoms with van der Waals surface area (Å²) in [6.07, 6.45) is -17.4. The molecule has 24 heavy (non-hydrogen) atoms. The molecule has 0 rings (SSSR count). The highest BCUT2D eigenvalue weighted by atomic mass is 19.5. The zero-order valence-corrected chi connectivity index (χ0v) is 9.48. The highest BCUT2D eigenvalue weighted by Gasteiger charge is 2.58. The van der Waals surface area contributed by atoms with Crippen LogP contribution < -0.4 is 4.97 Å². The van der Waals surface area contributed by atoms with Crippen molar-refractivity contribution in [1.82, 2.24) is 10.5 Å². The highest BCUT2D eigenvalue weighted by molar-refractivity contribution is 5.20. The average Bonchev–Trinajstić information content (AvgIpc) is 2.11. The summed E-state index contributed by atoms with van der Waals surface area (Å²) in [5, 5.41) is 0. The topological polar surface area (TPSA) is 90.8 Å². The van der Waals surface area contributed by atoms with Crippen LogP contribution in [0.5, 0.6) is 0 Å². The van der Waals surface area contributed by atoms with E-state index in [0.717, 1.165) is 0 Å². The summed E-state index contributed by atoms with van der Waals surface area (Å²) in [6.45, 7) is 0. The van der Waals surface area contributed by atoms with Crippen LogP contribution in [0.3, 0.4) is 0 Å². The van der Waals surface area contributed by atoms with Crippen molar-refractivity contribution < 1.29 is 66.9 Å². The molecular formula is C5H4F13N3O3. The maximum atomic E-state index is 10.4. The fourth-order valence-electron chi connectivity index (χ4n) is 0. The zero-order valence-electron chi connectivity index (χ0n) is 9.48. The standard InChI is InChI=1S/C2F6.CF4.CO2.CH4.F3N.N2O/c3-1(4,5)2(6,7)8;2-1(3,4)5;2-1-3;;1-4(2)3;1-2-3/h;;;1H4;;. The molecule has 19 heteroatoms. The Bertz CT molecular complexity index is 290. The third kappa shape index (κ3) is 153. The Labute approximate surface area is 122 Å². The first-order valence-corrected chi connectivity index (χ1v) is 3.44. The molecule has 0 aromatic rings. The van der Waals surface area contributed by atoms with Gasteiger partial charge in [-0.3, -0.25) is 5.53 Å². The van der Waals surface area contributed by atoms with Crippen LogP contribution in [-0.4, -0.2) is 30.5 Å². The molecule has 0 saturated heterocycles. The molecule has 0 heterocycles. The minimum atomic E-state index is -6.06. The Morgan fingerprint density at radius 2 is 0.792 bits per heavy atom. The first-order valence-electron chi connectivity index (χ1n) is 3.44. The summed E-state index contributed by atoms with van der Waals surface area (Å²) < 4.78 is 130. The molecule has 0 aromatic carbocycles. The number of hydrogen-bond donors (Lipinski definition) is 0. The molecule has 0 fully saturated rings. The third-order valence-electron chi connectivity index (χ3n) is 0.321.